The maximum Gasteiger partial charge on any atom is 0.232 e. The molecule has 0 saturated heterocycles. The largest absolute Gasteiger partial charge is 0.480 e. The maximum absolute atomic E-state index is 5.90. The van der Waals surface area contributed by atoms with Gasteiger partial charge in [-0.15, -0.1) is 0 Å². The summed E-state index contributed by atoms with van der Waals surface area (Å²) >= 11 is 5.90. The summed E-state index contributed by atoms with van der Waals surface area (Å²) in [6.45, 7) is 2.62. The van der Waals surface area contributed by atoms with Crippen LogP contribution in [0.15, 0.2) is 12.3 Å². The fourth-order valence-corrected chi connectivity index (χ4v) is 1.25. The topological polar surface area (TPSA) is 48.1 Å². The molecule has 1 atom stereocenters. The lowest BCUT2D eigenvalue weighted by atomic mass is 10.0. The summed E-state index contributed by atoms with van der Waals surface area (Å²) < 4.78 is 4.94. The van der Waals surface area contributed by atoms with E-state index in [0.717, 1.165) is 5.56 Å². The number of rotatable bonds is 3. The van der Waals surface area contributed by atoms with E-state index in [1.165, 1.54) is 0 Å². The molecule has 4 heteroatoms. The van der Waals surface area contributed by atoms with Gasteiger partial charge in [-0.3, -0.25) is 0 Å². The molecule has 0 saturated carbocycles. The van der Waals surface area contributed by atoms with E-state index >= 15 is 0 Å². The molecule has 0 aliphatic heterocycles. The third kappa shape index (κ3) is 2.32. The van der Waals surface area contributed by atoms with Crippen molar-refractivity contribution in [2.24, 2.45) is 5.73 Å². The highest BCUT2D eigenvalue weighted by molar-refractivity contribution is 6.31. The van der Waals surface area contributed by atoms with Gasteiger partial charge in [0, 0.05) is 6.20 Å². The second-order valence-electron chi connectivity index (χ2n) is 2.90. The third-order valence-corrected chi connectivity index (χ3v) is 2.22. The number of nitrogens with zero attached hydrogens (tertiary/aromatic N) is 1. The second kappa shape index (κ2) is 4.44. The highest BCUT2D eigenvalue weighted by Crippen LogP contribution is 2.24. The number of halogens is 1. The number of hydrogen-bond donors (Lipinski definition) is 1. The van der Waals surface area contributed by atoms with Gasteiger partial charge in [-0.2, -0.15) is 0 Å². The van der Waals surface area contributed by atoms with Crippen LogP contribution in [-0.2, 0) is 0 Å². The molecule has 3 nitrogen and oxygen atoms in total. The Balaban J connectivity index is 2.95. The van der Waals surface area contributed by atoms with Crippen LogP contribution in [0.1, 0.15) is 18.4 Å². The summed E-state index contributed by atoms with van der Waals surface area (Å²) in [6, 6.07) is 1.84. The Labute approximate surface area is 82.9 Å². The van der Waals surface area contributed by atoms with Crippen LogP contribution in [0, 0.1) is 0 Å². The molecule has 1 aromatic rings. The molecule has 0 fully saturated rings. The van der Waals surface area contributed by atoms with Gasteiger partial charge in [0.2, 0.25) is 5.88 Å². The lowest BCUT2D eigenvalue weighted by molar-refractivity contribution is 0.397. The standard InChI is InChI=1S/C9H13ClN2O/c1-6(4-11)7-3-8(10)9(13-2)12-5-7/h3,5-6H,4,11H2,1-2H3. The Morgan fingerprint density at radius 2 is 2.38 bits per heavy atom. The lowest BCUT2D eigenvalue weighted by Crippen LogP contribution is -2.09. The molecule has 2 N–H and O–H groups in total. The van der Waals surface area contributed by atoms with Crippen LogP contribution >= 0.6 is 11.6 Å². The van der Waals surface area contributed by atoms with E-state index in [9.17, 15) is 0 Å². The zero-order valence-electron chi connectivity index (χ0n) is 7.75. The average molecular weight is 201 g/mol. The Morgan fingerprint density at radius 3 is 2.85 bits per heavy atom. The molecule has 0 spiro atoms. The molecule has 1 aromatic heterocycles. The van der Waals surface area contributed by atoms with E-state index in [1.807, 2.05) is 13.0 Å². The van der Waals surface area contributed by atoms with Crippen LogP contribution in [-0.4, -0.2) is 18.6 Å². The molecule has 0 bridgehead atoms. The SMILES string of the molecule is COc1ncc(C(C)CN)cc1Cl. The van der Waals surface area contributed by atoms with Gasteiger partial charge >= 0.3 is 0 Å². The fourth-order valence-electron chi connectivity index (χ4n) is 0.996. The minimum absolute atomic E-state index is 0.274. The molecular formula is C9H13ClN2O. The van der Waals surface area contributed by atoms with Crippen molar-refractivity contribution < 1.29 is 4.74 Å². The minimum Gasteiger partial charge on any atom is -0.480 e. The first-order valence-corrected chi connectivity index (χ1v) is 4.46. The van der Waals surface area contributed by atoms with E-state index in [0.29, 0.717) is 17.4 Å². The molecule has 1 unspecified atom stereocenters. The molecule has 1 heterocycles. The molecule has 13 heavy (non-hydrogen) atoms. The van der Waals surface area contributed by atoms with Gasteiger partial charge in [0.15, 0.2) is 0 Å². The number of pyridine rings is 1. The zero-order valence-corrected chi connectivity index (χ0v) is 8.51. The zero-order chi connectivity index (χ0) is 9.84. The Bertz CT molecular complexity index is 291. The molecule has 0 radical (unpaired) electrons. The molecular weight excluding hydrogens is 188 g/mol. The van der Waals surface area contributed by atoms with E-state index in [1.54, 1.807) is 13.3 Å². The van der Waals surface area contributed by atoms with E-state index < -0.39 is 0 Å². The number of nitrogens with two attached hydrogens (primary N) is 1. The van der Waals surface area contributed by atoms with Crippen molar-refractivity contribution in [3.63, 3.8) is 0 Å². The fraction of sp³-hybridized carbons (Fsp3) is 0.444. The number of hydrogen-bond acceptors (Lipinski definition) is 3. The van der Waals surface area contributed by atoms with Crippen molar-refractivity contribution in [3.8, 4) is 5.88 Å². The Morgan fingerprint density at radius 1 is 1.69 bits per heavy atom. The van der Waals surface area contributed by atoms with Crippen LogP contribution in [0.3, 0.4) is 0 Å². The van der Waals surface area contributed by atoms with Crippen molar-refractivity contribution >= 4 is 11.6 Å². The third-order valence-electron chi connectivity index (χ3n) is 1.94. The monoisotopic (exact) mass is 200 g/mol. The van der Waals surface area contributed by atoms with Crippen molar-refractivity contribution in [1.29, 1.82) is 0 Å². The highest BCUT2D eigenvalue weighted by atomic mass is 35.5. The van der Waals surface area contributed by atoms with Gasteiger partial charge in [0.05, 0.1) is 7.11 Å². The molecule has 0 aliphatic carbocycles. The van der Waals surface area contributed by atoms with Crippen molar-refractivity contribution in [2.45, 2.75) is 12.8 Å². The van der Waals surface area contributed by atoms with Gasteiger partial charge in [0.25, 0.3) is 0 Å². The smallest absolute Gasteiger partial charge is 0.232 e. The van der Waals surface area contributed by atoms with Crippen LogP contribution in [0.2, 0.25) is 5.02 Å². The molecule has 0 aliphatic rings. The van der Waals surface area contributed by atoms with E-state index in [4.69, 9.17) is 22.1 Å². The van der Waals surface area contributed by atoms with Crippen LogP contribution < -0.4 is 10.5 Å². The van der Waals surface area contributed by atoms with Gasteiger partial charge in [-0.25, -0.2) is 4.98 Å². The number of methoxy groups -OCH3 is 1. The summed E-state index contributed by atoms with van der Waals surface area (Å²) in [5.41, 5.74) is 6.56. The van der Waals surface area contributed by atoms with E-state index in [2.05, 4.69) is 4.98 Å². The minimum atomic E-state index is 0.274. The first kappa shape index (κ1) is 10.3. The average Bonchev–Trinajstić information content (AvgIpc) is 2.16. The van der Waals surface area contributed by atoms with Gasteiger partial charge < -0.3 is 10.5 Å². The van der Waals surface area contributed by atoms with Crippen LogP contribution in [0.4, 0.5) is 0 Å². The summed E-state index contributed by atoms with van der Waals surface area (Å²) in [5, 5.41) is 0.528. The number of aromatic nitrogens is 1. The normalized spacial score (nSPS) is 12.6. The predicted octanol–water partition coefficient (Wildman–Crippen LogP) is 1.81. The first-order chi connectivity index (χ1) is 6.19. The first-order valence-electron chi connectivity index (χ1n) is 4.08. The van der Waals surface area contributed by atoms with Crippen molar-refractivity contribution in [3.05, 3.63) is 22.8 Å². The van der Waals surface area contributed by atoms with Gasteiger partial charge in [-0.05, 0) is 24.1 Å². The van der Waals surface area contributed by atoms with Gasteiger partial charge in [-0.1, -0.05) is 18.5 Å². The molecule has 0 aromatic carbocycles. The Kier molecular flexibility index (Phi) is 3.51. The summed E-state index contributed by atoms with van der Waals surface area (Å²) in [7, 11) is 1.54. The summed E-state index contributed by atoms with van der Waals surface area (Å²) in [6.07, 6.45) is 1.74. The summed E-state index contributed by atoms with van der Waals surface area (Å²) in [5.74, 6) is 0.727. The summed E-state index contributed by atoms with van der Waals surface area (Å²) in [4.78, 5) is 4.06. The highest BCUT2D eigenvalue weighted by Gasteiger charge is 2.07. The van der Waals surface area contributed by atoms with E-state index in [-0.39, 0.29) is 5.92 Å². The second-order valence-corrected chi connectivity index (χ2v) is 3.30. The van der Waals surface area contributed by atoms with Crippen molar-refractivity contribution in [2.75, 3.05) is 13.7 Å². The quantitative estimate of drug-likeness (QED) is 0.810. The molecule has 1 rings (SSSR count). The van der Waals surface area contributed by atoms with Gasteiger partial charge in [0.1, 0.15) is 5.02 Å². The maximum atomic E-state index is 5.90. The molecule has 72 valence electrons. The molecule has 0 amide bonds. The predicted molar refractivity (Wildman–Crippen MR) is 53.3 cm³/mol. The number of ether oxygens (including phenoxy) is 1. The van der Waals surface area contributed by atoms with Crippen molar-refractivity contribution in [1.82, 2.24) is 4.98 Å². The van der Waals surface area contributed by atoms with Crippen LogP contribution in [0.25, 0.3) is 0 Å². The van der Waals surface area contributed by atoms with Crippen LogP contribution in [0.5, 0.6) is 5.88 Å². The lowest BCUT2D eigenvalue weighted by Gasteiger charge is -2.09. The Hall–Kier alpha value is -0.800.